The molecule has 1 amide bonds. The number of carbonyl (C=O) groups excluding carboxylic acids is 1. The standard InChI is InChI=1S/C13H15BrClNO2/c1-16(7-12(17)8-2-3-8)13(18)10-5-4-9(15)6-11(10)14/h4-6,8,12,17H,2-3,7H2,1H3. The highest BCUT2D eigenvalue weighted by Crippen LogP contribution is 2.33. The van der Waals surface area contributed by atoms with E-state index in [4.69, 9.17) is 11.6 Å². The van der Waals surface area contributed by atoms with Crippen molar-refractivity contribution >= 4 is 33.4 Å². The zero-order valence-corrected chi connectivity index (χ0v) is 12.4. The van der Waals surface area contributed by atoms with Gasteiger partial charge in [0.05, 0.1) is 11.7 Å². The first-order valence-corrected chi connectivity index (χ1v) is 7.04. The van der Waals surface area contributed by atoms with Gasteiger partial charge in [-0.3, -0.25) is 4.79 Å². The van der Waals surface area contributed by atoms with E-state index >= 15 is 0 Å². The average Bonchev–Trinajstić information content (AvgIpc) is 3.11. The quantitative estimate of drug-likeness (QED) is 0.921. The number of likely N-dealkylation sites (N-methyl/N-ethyl adjacent to an activating group) is 1. The summed E-state index contributed by atoms with van der Waals surface area (Å²) >= 11 is 9.17. The lowest BCUT2D eigenvalue weighted by Crippen LogP contribution is -2.35. The van der Waals surface area contributed by atoms with Crippen LogP contribution in [-0.4, -0.2) is 35.6 Å². The van der Waals surface area contributed by atoms with Crippen LogP contribution in [0.5, 0.6) is 0 Å². The molecule has 0 bridgehead atoms. The topological polar surface area (TPSA) is 40.5 Å². The molecule has 0 radical (unpaired) electrons. The normalized spacial score (nSPS) is 16.4. The van der Waals surface area contributed by atoms with Crippen LogP contribution in [0.4, 0.5) is 0 Å². The number of hydrogen-bond acceptors (Lipinski definition) is 2. The molecule has 1 unspecified atom stereocenters. The molecule has 3 nitrogen and oxygen atoms in total. The van der Waals surface area contributed by atoms with Crippen LogP contribution in [0.2, 0.25) is 5.02 Å². The molecule has 98 valence electrons. The Balaban J connectivity index is 2.04. The third-order valence-corrected chi connectivity index (χ3v) is 4.03. The van der Waals surface area contributed by atoms with E-state index in [0.717, 1.165) is 12.8 Å². The minimum atomic E-state index is -0.412. The molecule has 1 aromatic carbocycles. The van der Waals surface area contributed by atoms with Gasteiger partial charge in [-0.05, 0) is 52.9 Å². The molecule has 18 heavy (non-hydrogen) atoms. The number of nitrogens with zero attached hydrogens (tertiary/aromatic N) is 1. The van der Waals surface area contributed by atoms with Crippen molar-refractivity contribution in [3.8, 4) is 0 Å². The van der Waals surface area contributed by atoms with Gasteiger partial charge in [0.15, 0.2) is 0 Å². The molecule has 0 aromatic heterocycles. The summed E-state index contributed by atoms with van der Waals surface area (Å²) in [6, 6.07) is 5.07. The molecule has 1 aliphatic carbocycles. The first-order valence-electron chi connectivity index (χ1n) is 5.87. The summed E-state index contributed by atoms with van der Waals surface area (Å²) in [5, 5.41) is 10.4. The van der Waals surface area contributed by atoms with E-state index in [1.54, 1.807) is 30.1 Å². The molecule has 2 rings (SSSR count). The minimum absolute atomic E-state index is 0.113. The first-order chi connectivity index (χ1) is 8.49. The van der Waals surface area contributed by atoms with E-state index in [0.29, 0.717) is 27.5 Å². The SMILES string of the molecule is CN(CC(O)C1CC1)C(=O)c1ccc(Cl)cc1Br. The molecule has 5 heteroatoms. The van der Waals surface area contributed by atoms with Crippen molar-refractivity contribution < 1.29 is 9.90 Å². The molecular weight excluding hydrogens is 318 g/mol. The third-order valence-electron chi connectivity index (χ3n) is 3.14. The van der Waals surface area contributed by atoms with Crippen LogP contribution in [0, 0.1) is 5.92 Å². The van der Waals surface area contributed by atoms with Crippen LogP contribution in [0.1, 0.15) is 23.2 Å². The molecule has 1 aromatic rings. The maximum atomic E-state index is 12.2. The van der Waals surface area contributed by atoms with Crippen molar-refractivity contribution in [2.45, 2.75) is 18.9 Å². The number of aliphatic hydroxyl groups excluding tert-OH is 1. The number of hydrogen-bond donors (Lipinski definition) is 1. The lowest BCUT2D eigenvalue weighted by molar-refractivity contribution is 0.0644. The number of aliphatic hydroxyl groups is 1. The van der Waals surface area contributed by atoms with E-state index in [1.807, 2.05) is 0 Å². The molecular formula is C13H15BrClNO2. The van der Waals surface area contributed by atoms with Crippen molar-refractivity contribution in [3.63, 3.8) is 0 Å². The molecule has 0 heterocycles. The van der Waals surface area contributed by atoms with Gasteiger partial charge < -0.3 is 10.0 Å². The van der Waals surface area contributed by atoms with Crippen molar-refractivity contribution in [3.05, 3.63) is 33.3 Å². The number of halogens is 2. The second kappa shape index (κ2) is 5.59. The molecule has 0 spiro atoms. The van der Waals surface area contributed by atoms with Crippen LogP contribution < -0.4 is 0 Å². The number of amides is 1. The smallest absolute Gasteiger partial charge is 0.254 e. The lowest BCUT2D eigenvalue weighted by atomic mass is 10.1. The predicted octanol–water partition coefficient (Wildman–Crippen LogP) is 2.95. The van der Waals surface area contributed by atoms with E-state index in [-0.39, 0.29) is 5.91 Å². The molecule has 1 fully saturated rings. The Morgan fingerprint density at radius 2 is 2.28 bits per heavy atom. The molecule has 1 atom stereocenters. The number of benzene rings is 1. The third kappa shape index (κ3) is 3.25. The van der Waals surface area contributed by atoms with Crippen molar-refractivity contribution in [1.82, 2.24) is 4.90 Å². The Morgan fingerprint density at radius 3 is 2.83 bits per heavy atom. The second-order valence-corrected chi connectivity index (χ2v) is 6.01. The summed E-state index contributed by atoms with van der Waals surface area (Å²) in [5.74, 6) is 0.257. The maximum absolute atomic E-state index is 12.2. The van der Waals surface area contributed by atoms with E-state index in [9.17, 15) is 9.90 Å². The molecule has 1 N–H and O–H groups in total. The zero-order chi connectivity index (χ0) is 13.3. The molecule has 1 aliphatic rings. The van der Waals surface area contributed by atoms with Gasteiger partial charge in [-0.2, -0.15) is 0 Å². The molecule has 1 saturated carbocycles. The van der Waals surface area contributed by atoms with E-state index < -0.39 is 6.10 Å². The largest absolute Gasteiger partial charge is 0.391 e. The Hall–Kier alpha value is -0.580. The average molecular weight is 333 g/mol. The van der Waals surface area contributed by atoms with Crippen LogP contribution in [0.15, 0.2) is 22.7 Å². The van der Waals surface area contributed by atoms with Crippen LogP contribution in [-0.2, 0) is 0 Å². The van der Waals surface area contributed by atoms with Crippen molar-refractivity contribution in [1.29, 1.82) is 0 Å². The van der Waals surface area contributed by atoms with E-state index in [1.165, 1.54) is 0 Å². The number of rotatable bonds is 4. The summed E-state index contributed by atoms with van der Waals surface area (Å²) in [6.45, 7) is 0.374. The maximum Gasteiger partial charge on any atom is 0.254 e. The molecule has 0 aliphatic heterocycles. The van der Waals surface area contributed by atoms with E-state index in [2.05, 4.69) is 15.9 Å². The Morgan fingerprint density at radius 1 is 1.61 bits per heavy atom. The minimum Gasteiger partial charge on any atom is -0.391 e. The summed E-state index contributed by atoms with van der Waals surface area (Å²) in [5.41, 5.74) is 0.560. The highest BCUT2D eigenvalue weighted by molar-refractivity contribution is 9.10. The van der Waals surface area contributed by atoms with Crippen molar-refractivity contribution in [2.75, 3.05) is 13.6 Å². The Bertz CT molecular complexity index is 462. The summed E-state index contributed by atoms with van der Waals surface area (Å²) < 4.78 is 0.674. The first kappa shape index (κ1) is 13.8. The lowest BCUT2D eigenvalue weighted by Gasteiger charge is -2.21. The highest BCUT2D eigenvalue weighted by atomic mass is 79.9. The van der Waals surface area contributed by atoms with Gasteiger partial charge in [0.25, 0.3) is 5.91 Å². The van der Waals surface area contributed by atoms with Gasteiger partial charge in [-0.15, -0.1) is 0 Å². The summed E-state index contributed by atoms with van der Waals surface area (Å²) in [4.78, 5) is 13.7. The number of carbonyl (C=O) groups is 1. The second-order valence-electron chi connectivity index (χ2n) is 4.71. The zero-order valence-electron chi connectivity index (χ0n) is 10.1. The van der Waals surface area contributed by atoms with Crippen LogP contribution >= 0.6 is 27.5 Å². The Kier molecular flexibility index (Phi) is 4.30. The monoisotopic (exact) mass is 331 g/mol. The van der Waals surface area contributed by atoms with Crippen molar-refractivity contribution in [2.24, 2.45) is 5.92 Å². The Labute approximate surface area is 120 Å². The predicted molar refractivity (Wildman–Crippen MR) is 74.8 cm³/mol. The van der Waals surface area contributed by atoms with Crippen LogP contribution in [0.25, 0.3) is 0 Å². The fraction of sp³-hybridized carbons (Fsp3) is 0.462. The van der Waals surface area contributed by atoms with Gasteiger partial charge in [0, 0.05) is 23.1 Å². The van der Waals surface area contributed by atoms with Gasteiger partial charge in [-0.1, -0.05) is 11.6 Å². The molecule has 0 saturated heterocycles. The fourth-order valence-corrected chi connectivity index (χ4v) is 2.71. The van der Waals surface area contributed by atoms with Gasteiger partial charge in [0.1, 0.15) is 0 Å². The summed E-state index contributed by atoms with van der Waals surface area (Å²) in [6.07, 6.45) is 1.71. The van der Waals surface area contributed by atoms with Gasteiger partial charge in [0.2, 0.25) is 0 Å². The van der Waals surface area contributed by atoms with Gasteiger partial charge >= 0.3 is 0 Å². The summed E-state index contributed by atoms with van der Waals surface area (Å²) in [7, 11) is 1.70. The highest BCUT2D eigenvalue weighted by Gasteiger charge is 2.31. The van der Waals surface area contributed by atoms with Crippen LogP contribution in [0.3, 0.4) is 0 Å². The van der Waals surface area contributed by atoms with Gasteiger partial charge in [-0.25, -0.2) is 0 Å². The fourth-order valence-electron chi connectivity index (χ4n) is 1.86.